The maximum Gasteiger partial charge on any atom is 0.122 e. The number of quaternary nitrogens is 1. The summed E-state index contributed by atoms with van der Waals surface area (Å²) in [4.78, 5) is 0. The summed E-state index contributed by atoms with van der Waals surface area (Å²) in [5, 5.41) is 2.41. The molecule has 0 amide bonds. The molecule has 1 fully saturated rings. The first kappa shape index (κ1) is 21.7. The molecular formula is C25H36NO3+. The fourth-order valence-electron chi connectivity index (χ4n) is 4.57. The minimum absolute atomic E-state index is 0.0456. The summed E-state index contributed by atoms with van der Waals surface area (Å²) < 4.78 is 17.0. The van der Waals surface area contributed by atoms with Crippen molar-refractivity contribution < 1.29 is 19.5 Å². The molecule has 4 heteroatoms. The van der Waals surface area contributed by atoms with Gasteiger partial charge in [0, 0.05) is 18.6 Å². The number of rotatable bonds is 9. The van der Waals surface area contributed by atoms with Crippen molar-refractivity contribution in [3.63, 3.8) is 0 Å². The molecule has 0 aliphatic carbocycles. The highest BCUT2D eigenvalue weighted by Gasteiger charge is 2.35. The van der Waals surface area contributed by atoms with Crippen LogP contribution < -0.4 is 14.8 Å². The van der Waals surface area contributed by atoms with Gasteiger partial charge in [-0.15, -0.1) is 0 Å². The van der Waals surface area contributed by atoms with Crippen LogP contribution in [0.1, 0.15) is 50.2 Å². The standard InChI is InChI=1S/C25H35NO3/c1-25(2)17-20(14-16-29-25)22(23-7-5-6-8-24(23)28-4)13-15-26-18-19-9-11-21(27-3)12-10-19/h5-12,20,22,26H,13-18H2,1-4H3/p+1/t20-,22-/m1/s1. The smallest absolute Gasteiger partial charge is 0.122 e. The Bertz CT molecular complexity index is 757. The molecule has 2 aromatic rings. The Kier molecular flexibility index (Phi) is 7.57. The Morgan fingerprint density at radius 3 is 2.52 bits per heavy atom. The Morgan fingerprint density at radius 1 is 1.07 bits per heavy atom. The normalized spacial score (nSPS) is 19.5. The molecule has 1 saturated heterocycles. The van der Waals surface area contributed by atoms with E-state index in [0.29, 0.717) is 11.8 Å². The highest BCUT2D eigenvalue weighted by atomic mass is 16.5. The summed E-state index contributed by atoms with van der Waals surface area (Å²) in [6.45, 7) is 7.36. The van der Waals surface area contributed by atoms with Gasteiger partial charge in [-0.05, 0) is 74.4 Å². The van der Waals surface area contributed by atoms with E-state index < -0.39 is 0 Å². The molecule has 158 valence electrons. The van der Waals surface area contributed by atoms with Crippen molar-refractivity contribution in [2.75, 3.05) is 27.4 Å². The average Bonchev–Trinajstić information content (AvgIpc) is 2.73. The SMILES string of the molecule is COc1ccc(C[NH2+]CC[C@@H](c2ccccc2OC)[C@@H]2CCOC(C)(C)C2)cc1. The zero-order valence-corrected chi connectivity index (χ0v) is 18.3. The Labute approximate surface area is 175 Å². The van der Waals surface area contributed by atoms with Gasteiger partial charge < -0.3 is 19.5 Å². The third-order valence-corrected chi connectivity index (χ3v) is 6.06. The molecule has 2 N–H and O–H groups in total. The third kappa shape index (κ3) is 5.97. The van der Waals surface area contributed by atoms with Gasteiger partial charge in [0.05, 0.1) is 26.4 Å². The van der Waals surface area contributed by atoms with Crippen LogP contribution in [-0.2, 0) is 11.3 Å². The van der Waals surface area contributed by atoms with Crippen LogP contribution in [0.2, 0.25) is 0 Å². The van der Waals surface area contributed by atoms with Crippen molar-refractivity contribution in [2.24, 2.45) is 5.92 Å². The quantitative estimate of drug-likeness (QED) is 0.646. The summed E-state index contributed by atoms with van der Waals surface area (Å²) in [5.74, 6) is 3.02. The predicted molar refractivity (Wildman–Crippen MR) is 117 cm³/mol. The van der Waals surface area contributed by atoms with E-state index in [1.165, 1.54) is 11.1 Å². The van der Waals surface area contributed by atoms with Crippen molar-refractivity contribution in [3.8, 4) is 11.5 Å². The van der Waals surface area contributed by atoms with Gasteiger partial charge in [-0.1, -0.05) is 18.2 Å². The lowest BCUT2D eigenvalue weighted by Gasteiger charge is -2.39. The van der Waals surface area contributed by atoms with E-state index >= 15 is 0 Å². The van der Waals surface area contributed by atoms with Crippen LogP contribution in [0.4, 0.5) is 0 Å². The van der Waals surface area contributed by atoms with Crippen molar-refractivity contribution in [1.29, 1.82) is 0 Å². The van der Waals surface area contributed by atoms with Crippen LogP contribution >= 0.6 is 0 Å². The lowest BCUT2D eigenvalue weighted by molar-refractivity contribution is -0.671. The highest BCUT2D eigenvalue weighted by molar-refractivity contribution is 5.36. The maximum absolute atomic E-state index is 5.99. The lowest BCUT2D eigenvalue weighted by atomic mass is 9.75. The lowest BCUT2D eigenvalue weighted by Crippen LogP contribution is -2.82. The van der Waals surface area contributed by atoms with Crippen LogP contribution in [0.25, 0.3) is 0 Å². The molecule has 1 aliphatic heterocycles. The molecule has 0 saturated carbocycles. The predicted octanol–water partition coefficient (Wildman–Crippen LogP) is 4.15. The maximum atomic E-state index is 5.99. The Morgan fingerprint density at radius 2 is 1.83 bits per heavy atom. The number of para-hydroxylation sites is 1. The molecule has 2 atom stereocenters. The largest absolute Gasteiger partial charge is 0.497 e. The van der Waals surface area contributed by atoms with Crippen molar-refractivity contribution >= 4 is 0 Å². The summed E-state index contributed by atoms with van der Waals surface area (Å²) >= 11 is 0. The van der Waals surface area contributed by atoms with E-state index in [1.54, 1.807) is 14.2 Å². The molecule has 29 heavy (non-hydrogen) atoms. The van der Waals surface area contributed by atoms with Gasteiger partial charge in [-0.25, -0.2) is 0 Å². The molecule has 1 aliphatic rings. The van der Waals surface area contributed by atoms with Crippen LogP contribution in [0.3, 0.4) is 0 Å². The number of methoxy groups -OCH3 is 2. The fraction of sp³-hybridized carbons (Fsp3) is 0.520. The molecule has 2 aromatic carbocycles. The van der Waals surface area contributed by atoms with Gasteiger partial charge in [-0.2, -0.15) is 0 Å². The number of hydrogen-bond donors (Lipinski definition) is 1. The van der Waals surface area contributed by atoms with Crippen molar-refractivity contribution in [1.82, 2.24) is 0 Å². The number of hydrogen-bond acceptors (Lipinski definition) is 3. The average molecular weight is 399 g/mol. The number of benzene rings is 2. The number of nitrogens with two attached hydrogens (primary N) is 1. The van der Waals surface area contributed by atoms with Crippen LogP contribution in [0.5, 0.6) is 11.5 Å². The zero-order valence-electron chi connectivity index (χ0n) is 18.3. The van der Waals surface area contributed by atoms with E-state index in [9.17, 15) is 0 Å². The molecule has 0 bridgehead atoms. The molecular weight excluding hydrogens is 362 g/mol. The fourth-order valence-corrected chi connectivity index (χ4v) is 4.57. The number of ether oxygens (including phenoxy) is 3. The molecule has 1 heterocycles. The highest BCUT2D eigenvalue weighted by Crippen LogP contribution is 2.42. The first-order chi connectivity index (χ1) is 14.0. The first-order valence-electron chi connectivity index (χ1n) is 10.7. The molecule has 0 unspecified atom stereocenters. The van der Waals surface area contributed by atoms with E-state index in [0.717, 1.165) is 50.5 Å². The summed E-state index contributed by atoms with van der Waals surface area (Å²) in [7, 11) is 3.48. The van der Waals surface area contributed by atoms with Crippen molar-refractivity contribution in [2.45, 2.75) is 51.2 Å². The molecule has 0 radical (unpaired) electrons. The van der Waals surface area contributed by atoms with Gasteiger partial charge in [-0.3, -0.25) is 0 Å². The summed E-state index contributed by atoms with van der Waals surface area (Å²) in [6, 6.07) is 16.9. The van der Waals surface area contributed by atoms with E-state index in [1.807, 2.05) is 12.1 Å². The van der Waals surface area contributed by atoms with Crippen LogP contribution in [0, 0.1) is 5.92 Å². The zero-order chi connectivity index (χ0) is 20.7. The van der Waals surface area contributed by atoms with Crippen LogP contribution in [0.15, 0.2) is 48.5 Å². The van der Waals surface area contributed by atoms with Crippen LogP contribution in [-0.4, -0.2) is 33.0 Å². The van der Waals surface area contributed by atoms with Crippen molar-refractivity contribution in [3.05, 3.63) is 59.7 Å². The van der Waals surface area contributed by atoms with Gasteiger partial charge in [0.25, 0.3) is 0 Å². The molecule has 3 rings (SSSR count). The minimum atomic E-state index is -0.0456. The summed E-state index contributed by atoms with van der Waals surface area (Å²) in [5.41, 5.74) is 2.62. The topological polar surface area (TPSA) is 44.3 Å². The molecule has 0 spiro atoms. The van der Waals surface area contributed by atoms with E-state index in [-0.39, 0.29) is 5.60 Å². The Hall–Kier alpha value is -2.04. The van der Waals surface area contributed by atoms with Gasteiger partial charge in [0.1, 0.15) is 18.0 Å². The molecule has 4 nitrogen and oxygen atoms in total. The second-order valence-corrected chi connectivity index (χ2v) is 8.63. The minimum Gasteiger partial charge on any atom is -0.497 e. The van der Waals surface area contributed by atoms with Gasteiger partial charge in [0.2, 0.25) is 0 Å². The summed E-state index contributed by atoms with van der Waals surface area (Å²) in [6.07, 6.45) is 3.34. The van der Waals surface area contributed by atoms with Gasteiger partial charge in [0.15, 0.2) is 0 Å². The molecule has 0 aromatic heterocycles. The van der Waals surface area contributed by atoms with Gasteiger partial charge >= 0.3 is 0 Å². The second-order valence-electron chi connectivity index (χ2n) is 8.63. The monoisotopic (exact) mass is 398 g/mol. The third-order valence-electron chi connectivity index (χ3n) is 6.06. The first-order valence-corrected chi connectivity index (χ1v) is 10.7. The second kappa shape index (κ2) is 10.1. The van der Waals surface area contributed by atoms with E-state index in [2.05, 4.69) is 55.6 Å². The van der Waals surface area contributed by atoms with E-state index in [4.69, 9.17) is 14.2 Å². The Balaban J connectivity index is 1.66.